The van der Waals surface area contributed by atoms with E-state index >= 15 is 0 Å². The number of aryl methyl sites for hydroxylation is 1. The zero-order chi connectivity index (χ0) is 31.2. The number of azo groups is 2. The highest BCUT2D eigenvalue weighted by Crippen LogP contribution is 2.25. The van der Waals surface area contributed by atoms with E-state index in [4.69, 9.17) is 4.74 Å². The normalized spacial score (nSPS) is 11.3. The fourth-order valence-corrected chi connectivity index (χ4v) is 4.88. The molecule has 0 radical (unpaired) electrons. The second kappa shape index (κ2) is 20.7. The summed E-state index contributed by atoms with van der Waals surface area (Å²) in [6, 6.07) is 23.8. The molecule has 0 N–H and O–H groups in total. The molecule has 3 aromatic rings. The van der Waals surface area contributed by atoms with E-state index in [0.29, 0.717) is 13.2 Å². The summed E-state index contributed by atoms with van der Waals surface area (Å²) in [5, 5.41) is 17.5. The molecule has 0 atom stereocenters. The summed E-state index contributed by atoms with van der Waals surface area (Å²) >= 11 is 0. The number of carbonyl (C=O) groups excluding carboxylic acids is 1. The maximum Gasteiger partial charge on any atom is 0.330 e. The van der Waals surface area contributed by atoms with E-state index in [-0.39, 0.29) is 0 Å². The van der Waals surface area contributed by atoms with Crippen molar-refractivity contribution in [2.75, 3.05) is 24.6 Å². The molecule has 0 aliphatic heterocycles. The van der Waals surface area contributed by atoms with Crippen LogP contribution in [0.25, 0.3) is 0 Å². The van der Waals surface area contributed by atoms with Crippen molar-refractivity contribution in [3.8, 4) is 0 Å². The van der Waals surface area contributed by atoms with E-state index in [1.165, 1.54) is 75.8 Å². The first-order valence-corrected chi connectivity index (χ1v) is 16.3. The van der Waals surface area contributed by atoms with Gasteiger partial charge in [0.15, 0.2) is 0 Å². The van der Waals surface area contributed by atoms with Gasteiger partial charge in [-0.25, -0.2) is 4.79 Å². The quantitative estimate of drug-likeness (QED) is 0.0532. The van der Waals surface area contributed by atoms with Crippen molar-refractivity contribution in [2.24, 2.45) is 20.5 Å². The van der Waals surface area contributed by atoms with E-state index < -0.39 is 5.97 Å². The van der Waals surface area contributed by atoms with Gasteiger partial charge in [0, 0.05) is 18.3 Å². The molecule has 0 unspecified atom stereocenters. The minimum atomic E-state index is -0.410. The van der Waals surface area contributed by atoms with Crippen LogP contribution in [-0.4, -0.2) is 25.7 Å². The lowest BCUT2D eigenvalue weighted by Gasteiger charge is -2.22. The summed E-state index contributed by atoms with van der Waals surface area (Å²) in [5.74, 6) is -0.410. The van der Waals surface area contributed by atoms with Crippen molar-refractivity contribution in [2.45, 2.75) is 84.5 Å². The largest absolute Gasteiger partial charge is 0.461 e. The standard InChI is InChI=1S/C37H49N5O2/c1-4-7-8-9-10-11-12-13-14-15-16-31-17-19-32(20-18-31)38-39-33-21-23-34(24-22-33)40-41-35-25-27-36(28-26-35)42(6-3)29-30-44-37(43)5-2/h5,17-28H,2,4,6-16,29-30H2,1,3H3. The number of hydrogen-bond donors (Lipinski definition) is 0. The molecular weight excluding hydrogens is 546 g/mol. The van der Waals surface area contributed by atoms with E-state index in [9.17, 15) is 4.79 Å². The average Bonchev–Trinajstić information content (AvgIpc) is 3.07. The van der Waals surface area contributed by atoms with E-state index in [1.54, 1.807) is 0 Å². The summed E-state index contributed by atoms with van der Waals surface area (Å²) in [4.78, 5) is 13.4. The predicted molar refractivity (Wildman–Crippen MR) is 182 cm³/mol. The highest BCUT2D eigenvalue weighted by atomic mass is 16.5. The highest BCUT2D eigenvalue weighted by molar-refractivity contribution is 5.81. The van der Waals surface area contributed by atoms with Crippen LogP contribution in [0.5, 0.6) is 0 Å². The lowest BCUT2D eigenvalue weighted by Crippen LogP contribution is -2.27. The second-order valence-corrected chi connectivity index (χ2v) is 11.0. The molecule has 0 aliphatic rings. The van der Waals surface area contributed by atoms with Crippen LogP contribution in [0.1, 0.15) is 83.6 Å². The molecule has 0 bridgehead atoms. The SMILES string of the molecule is C=CC(=O)OCCN(CC)c1ccc(N=Nc2ccc(N=Nc3ccc(CCCCCCCCCCCC)cc3)cc2)cc1. The molecule has 0 spiro atoms. The summed E-state index contributed by atoms with van der Waals surface area (Å²) in [5.41, 5.74) is 5.50. The molecule has 0 saturated heterocycles. The Morgan fingerprint density at radius 2 is 1.09 bits per heavy atom. The third-order valence-electron chi connectivity index (χ3n) is 7.54. The van der Waals surface area contributed by atoms with Crippen molar-refractivity contribution >= 4 is 34.4 Å². The molecule has 0 aliphatic carbocycles. The van der Waals surface area contributed by atoms with Crippen molar-refractivity contribution in [3.05, 3.63) is 91.0 Å². The molecule has 0 aromatic heterocycles. The van der Waals surface area contributed by atoms with E-state index in [2.05, 4.69) is 57.9 Å². The summed E-state index contributed by atoms with van der Waals surface area (Å²) in [6.45, 7) is 9.45. The van der Waals surface area contributed by atoms with Crippen LogP contribution in [0.4, 0.5) is 28.4 Å². The number of likely N-dealkylation sites (N-methyl/N-ethyl adjacent to an activating group) is 1. The fourth-order valence-electron chi connectivity index (χ4n) is 4.88. The predicted octanol–water partition coefficient (Wildman–Crippen LogP) is 11.5. The van der Waals surface area contributed by atoms with Crippen LogP contribution in [0.15, 0.2) is 106 Å². The number of ether oxygens (including phenoxy) is 1. The molecule has 3 rings (SSSR count). The first kappa shape index (κ1) is 34.4. The summed E-state index contributed by atoms with van der Waals surface area (Å²) in [6.07, 6.45) is 15.9. The van der Waals surface area contributed by atoms with Gasteiger partial charge < -0.3 is 9.64 Å². The number of nitrogens with zero attached hydrogens (tertiary/aromatic N) is 5. The van der Waals surface area contributed by atoms with Gasteiger partial charge in [-0.3, -0.25) is 0 Å². The monoisotopic (exact) mass is 595 g/mol. The third-order valence-corrected chi connectivity index (χ3v) is 7.54. The van der Waals surface area contributed by atoms with Gasteiger partial charge in [-0.15, -0.1) is 0 Å². The molecule has 0 amide bonds. The van der Waals surface area contributed by atoms with Gasteiger partial charge in [0.1, 0.15) is 6.61 Å². The number of hydrogen-bond acceptors (Lipinski definition) is 7. The van der Waals surface area contributed by atoms with Crippen LogP contribution in [0.3, 0.4) is 0 Å². The zero-order valence-corrected chi connectivity index (χ0v) is 26.7. The molecule has 7 nitrogen and oxygen atoms in total. The Bertz CT molecular complexity index is 1280. The maximum absolute atomic E-state index is 11.3. The Balaban J connectivity index is 1.38. The zero-order valence-electron chi connectivity index (χ0n) is 26.7. The molecule has 3 aromatic carbocycles. The Hall–Kier alpha value is -4.13. The highest BCUT2D eigenvalue weighted by Gasteiger charge is 2.06. The molecule has 7 heteroatoms. The Morgan fingerprint density at radius 1 is 0.659 bits per heavy atom. The minimum Gasteiger partial charge on any atom is -0.461 e. The van der Waals surface area contributed by atoms with Crippen molar-refractivity contribution in [1.82, 2.24) is 0 Å². The summed E-state index contributed by atoms with van der Waals surface area (Å²) in [7, 11) is 0. The van der Waals surface area contributed by atoms with Crippen molar-refractivity contribution < 1.29 is 9.53 Å². The number of benzene rings is 3. The fraction of sp³-hybridized carbons (Fsp3) is 0.432. The average molecular weight is 596 g/mol. The smallest absolute Gasteiger partial charge is 0.330 e. The number of rotatable bonds is 21. The maximum atomic E-state index is 11.3. The van der Waals surface area contributed by atoms with Gasteiger partial charge in [0.25, 0.3) is 0 Å². The molecule has 234 valence electrons. The van der Waals surface area contributed by atoms with Crippen molar-refractivity contribution in [1.29, 1.82) is 0 Å². The number of unbranched alkanes of at least 4 members (excludes halogenated alkanes) is 9. The molecule has 0 fully saturated rings. The van der Waals surface area contributed by atoms with Crippen LogP contribution in [0, 0.1) is 0 Å². The number of anilines is 1. The Morgan fingerprint density at radius 3 is 1.55 bits per heavy atom. The first-order valence-electron chi connectivity index (χ1n) is 16.3. The third kappa shape index (κ3) is 13.4. The van der Waals surface area contributed by atoms with Crippen LogP contribution in [-0.2, 0) is 16.0 Å². The molecule has 44 heavy (non-hydrogen) atoms. The lowest BCUT2D eigenvalue weighted by atomic mass is 10.0. The molecule has 0 heterocycles. The molecular formula is C37H49N5O2. The van der Waals surface area contributed by atoms with E-state index in [0.717, 1.165) is 41.4 Å². The summed E-state index contributed by atoms with van der Waals surface area (Å²) < 4.78 is 5.09. The lowest BCUT2D eigenvalue weighted by molar-refractivity contribution is -0.137. The minimum absolute atomic E-state index is 0.307. The van der Waals surface area contributed by atoms with E-state index in [1.807, 2.05) is 60.7 Å². The van der Waals surface area contributed by atoms with Crippen LogP contribution >= 0.6 is 0 Å². The van der Waals surface area contributed by atoms with Gasteiger partial charge in [-0.2, -0.15) is 20.5 Å². The van der Waals surface area contributed by atoms with Crippen LogP contribution in [0.2, 0.25) is 0 Å². The molecule has 0 saturated carbocycles. The second-order valence-electron chi connectivity index (χ2n) is 11.0. The number of carbonyl (C=O) groups is 1. The van der Waals surface area contributed by atoms with Gasteiger partial charge in [0.05, 0.1) is 29.3 Å². The first-order chi connectivity index (χ1) is 21.6. The van der Waals surface area contributed by atoms with Gasteiger partial charge >= 0.3 is 5.97 Å². The Labute approximate surface area is 264 Å². The van der Waals surface area contributed by atoms with Crippen molar-refractivity contribution in [3.63, 3.8) is 0 Å². The topological polar surface area (TPSA) is 79.0 Å². The van der Waals surface area contributed by atoms with Crippen LogP contribution < -0.4 is 4.90 Å². The van der Waals surface area contributed by atoms with Gasteiger partial charge in [0.2, 0.25) is 0 Å². The van der Waals surface area contributed by atoms with Gasteiger partial charge in [-0.1, -0.05) is 83.4 Å². The Kier molecular flexibility index (Phi) is 16.2. The van der Waals surface area contributed by atoms with Gasteiger partial charge in [-0.05, 0) is 86.0 Å². The number of esters is 1.